The summed E-state index contributed by atoms with van der Waals surface area (Å²) in [7, 11) is 0. The first-order valence-electron chi connectivity index (χ1n) is 3.18. The average molecular weight is 378 g/mol. The van der Waals surface area contributed by atoms with Crippen molar-refractivity contribution in [3.63, 3.8) is 0 Å². The summed E-state index contributed by atoms with van der Waals surface area (Å²) in [4.78, 5) is 0. The first-order valence-corrected chi connectivity index (χ1v) is 4.25. The van der Waals surface area contributed by atoms with Crippen LogP contribution in [0.4, 0.5) is 43.9 Å². The van der Waals surface area contributed by atoms with Gasteiger partial charge in [-0.25, -0.2) is 8.78 Å². The Hall–Kier alpha value is 0.0300. The van der Waals surface area contributed by atoms with Crippen LogP contribution in [0.15, 0.2) is 0 Å². The van der Waals surface area contributed by atoms with E-state index in [2.05, 4.69) is 0 Å². The van der Waals surface area contributed by atoms with Crippen molar-refractivity contribution < 1.29 is 43.9 Å². The Balaban J connectivity index is 5.53. The van der Waals surface area contributed by atoms with Crippen LogP contribution in [0.3, 0.4) is 0 Å². The summed E-state index contributed by atoms with van der Waals surface area (Å²) in [6, 6.07) is 0. The molecule has 0 radical (unpaired) electrons. The van der Waals surface area contributed by atoms with E-state index in [0.29, 0.717) is 0 Å². The third-order valence-electron chi connectivity index (χ3n) is 1.44. The van der Waals surface area contributed by atoms with Gasteiger partial charge in [0.25, 0.3) is 0 Å². The maximum Gasteiger partial charge on any atom is 0.387 e. The molecule has 0 aliphatic carbocycles. The Kier molecular flexibility index (Phi) is 4.06. The van der Waals surface area contributed by atoms with Crippen LogP contribution < -0.4 is 0 Å². The molecule has 0 aromatic heterocycles. The number of hydrogen-bond acceptors (Lipinski definition) is 0. The molecule has 0 atom stereocenters. The van der Waals surface area contributed by atoms with E-state index in [1.807, 2.05) is 0 Å². The lowest BCUT2D eigenvalue weighted by atomic mass is 10.1. The van der Waals surface area contributed by atoms with Crippen LogP contribution in [0.5, 0.6) is 0 Å². The molecule has 0 N–H and O–H groups in total. The second-order valence-corrected chi connectivity index (χ2v) is 3.93. The zero-order valence-electron chi connectivity index (χ0n) is 6.73. The summed E-state index contributed by atoms with van der Waals surface area (Å²) in [6.07, 6.45) is -5.20. The van der Waals surface area contributed by atoms with Crippen LogP contribution in [0.2, 0.25) is 0 Å². The van der Waals surface area contributed by atoms with E-state index in [4.69, 9.17) is 0 Å². The number of alkyl halides is 11. The monoisotopic (exact) mass is 378 g/mol. The Morgan fingerprint density at radius 2 is 1.00 bits per heavy atom. The molecule has 0 aromatic rings. The molecule has 0 saturated carbocycles. The Labute approximate surface area is 95.1 Å². The van der Waals surface area contributed by atoms with E-state index >= 15 is 0 Å². The Morgan fingerprint density at radius 3 is 1.19 bits per heavy atom. The second kappa shape index (κ2) is 4.05. The van der Waals surface area contributed by atoms with Gasteiger partial charge >= 0.3 is 28.1 Å². The first kappa shape index (κ1) is 16.0. The van der Waals surface area contributed by atoms with Crippen molar-refractivity contribution in [2.75, 3.05) is 0 Å². The highest BCUT2D eigenvalue weighted by molar-refractivity contribution is 14.1. The SMILES string of the molecule is FC(F)C(F)(F)C(F)(F)C(F)(F)C(F)(F)I. The fourth-order valence-corrected chi connectivity index (χ4v) is 0.863. The van der Waals surface area contributed by atoms with Gasteiger partial charge in [-0.3, -0.25) is 0 Å². The molecule has 0 bridgehead atoms. The van der Waals surface area contributed by atoms with Gasteiger partial charge in [-0.2, -0.15) is 35.1 Å². The van der Waals surface area contributed by atoms with Crippen LogP contribution in [0.25, 0.3) is 0 Å². The summed E-state index contributed by atoms with van der Waals surface area (Å²) in [5.41, 5.74) is 0. The Bertz CT molecular complexity index is 252. The molecular formula is C5HF10I. The molecule has 0 saturated heterocycles. The minimum atomic E-state index is -6.88. The smallest absolute Gasteiger partial charge is 0.203 e. The molecule has 16 heavy (non-hydrogen) atoms. The number of halogens is 11. The van der Waals surface area contributed by atoms with E-state index < -0.39 is 50.7 Å². The van der Waals surface area contributed by atoms with E-state index in [-0.39, 0.29) is 0 Å². The fraction of sp³-hybridized carbons (Fsp3) is 1.00. The van der Waals surface area contributed by atoms with Crippen molar-refractivity contribution in [1.29, 1.82) is 0 Å². The zero-order valence-corrected chi connectivity index (χ0v) is 8.89. The number of hydrogen-bond donors (Lipinski definition) is 0. The number of rotatable bonds is 4. The predicted molar refractivity (Wildman–Crippen MR) is 39.8 cm³/mol. The molecule has 0 heterocycles. The van der Waals surface area contributed by atoms with E-state index in [1.54, 1.807) is 0 Å². The Morgan fingerprint density at radius 1 is 0.688 bits per heavy atom. The van der Waals surface area contributed by atoms with Gasteiger partial charge in [0.1, 0.15) is 0 Å². The van der Waals surface area contributed by atoms with E-state index in [1.165, 1.54) is 0 Å². The topological polar surface area (TPSA) is 0 Å². The molecule has 11 heteroatoms. The van der Waals surface area contributed by atoms with Crippen LogP contribution in [-0.2, 0) is 0 Å². The molecule has 0 fully saturated rings. The van der Waals surface area contributed by atoms with Gasteiger partial charge in [0.05, 0.1) is 0 Å². The summed E-state index contributed by atoms with van der Waals surface area (Å²) >= 11 is -0.534. The molecule has 0 nitrogen and oxygen atoms in total. The second-order valence-electron chi connectivity index (χ2n) is 2.57. The highest BCUT2D eigenvalue weighted by Gasteiger charge is 2.82. The van der Waals surface area contributed by atoms with Crippen molar-refractivity contribution >= 4 is 22.6 Å². The minimum absolute atomic E-state index is 0.534. The quantitative estimate of drug-likeness (QED) is 0.391. The van der Waals surface area contributed by atoms with Crippen LogP contribution in [-0.4, -0.2) is 28.1 Å². The van der Waals surface area contributed by atoms with Gasteiger partial charge in [-0.1, -0.05) is 0 Å². The highest BCUT2D eigenvalue weighted by atomic mass is 127. The maximum atomic E-state index is 12.3. The first-order chi connectivity index (χ1) is 6.69. The third-order valence-corrected chi connectivity index (χ3v) is 2.12. The van der Waals surface area contributed by atoms with Crippen LogP contribution >= 0.6 is 22.6 Å². The largest absolute Gasteiger partial charge is 0.387 e. The van der Waals surface area contributed by atoms with Crippen LogP contribution in [0, 0.1) is 0 Å². The third kappa shape index (κ3) is 2.18. The molecule has 0 spiro atoms. The summed E-state index contributed by atoms with van der Waals surface area (Å²) in [6.45, 7) is 0. The predicted octanol–water partition coefficient (Wildman–Crippen LogP) is 4.19. The lowest BCUT2D eigenvalue weighted by molar-refractivity contribution is -0.364. The van der Waals surface area contributed by atoms with E-state index in [0.717, 1.165) is 0 Å². The van der Waals surface area contributed by atoms with Crippen molar-refractivity contribution in [2.45, 2.75) is 28.1 Å². The van der Waals surface area contributed by atoms with Gasteiger partial charge in [-0.15, -0.1) is 0 Å². The summed E-state index contributed by atoms with van der Waals surface area (Å²) in [5, 5.41) is 0. The lowest BCUT2D eigenvalue weighted by Crippen LogP contribution is -2.62. The fourth-order valence-electron chi connectivity index (χ4n) is 0.524. The van der Waals surface area contributed by atoms with Crippen molar-refractivity contribution in [3.8, 4) is 0 Å². The minimum Gasteiger partial charge on any atom is -0.203 e. The van der Waals surface area contributed by atoms with Gasteiger partial charge < -0.3 is 0 Å². The lowest BCUT2D eigenvalue weighted by Gasteiger charge is -2.34. The molecule has 0 rings (SSSR count). The van der Waals surface area contributed by atoms with Gasteiger partial charge in [0.15, 0.2) is 0 Å². The van der Waals surface area contributed by atoms with Crippen molar-refractivity contribution in [1.82, 2.24) is 0 Å². The average Bonchev–Trinajstić information content (AvgIpc) is 2.00. The molecular weight excluding hydrogens is 377 g/mol. The molecule has 0 aromatic carbocycles. The molecule has 0 unspecified atom stereocenters. The molecule has 0 aliphatic heterocycles. The molecule has 98 valence electrons. The summed E-state index contributed by atoms with van der Waals surface area (Å²) in [5.74, 6) is -20.1. The maximum absolute atomic E-state index is 12.3. The van der Waals surface area contributed by atoms with Crippen molar-refractivity contribution in [2.24, 2.45) is 0 Å². The van der Waals surface area contributed by atoms with Crippen LogP contribution in [0.1, 0.15) is 0 Å². The zero-order chi connectivity index (χ0) is 13.6. The van der Waals surface area contributed by atoms with Gasteiger partial charge in [0.2, 0.25) is 0 Å². The van der Waals surface area contributed by atoms with E-state index in [9.17, 15) is 43.9 Å². The summed E-state index contributed by atoms with van der Waals surface area (Å²) < 4.78 is 114. The standard InChI is InChI=1S/C5HF10I/c6-1(7)2(8,9)3(10,11)4(12,13)5(14,15)16/h1H. The highest BCUT2D eigenvalue weighted by Crippen LogP contribution is 2.56. The normalized spacial score (nSPS) is 15.8. The molecule has 0 amide bonds. The van der Waals surface area contributed by atoms with Gasteiger partial charge in [-0.05, 0) is 0 Å². The van der Waals surface area contributed by atoms with Gasteiger partial charge in [0, 0.05) is 22.6 Å². The molecule has 0 aliphatic rings. The van der Waals surface area contributed by atoms with Crippen molar-refractivity contribution in [3.05, 3.63) is 0 Å².